The van der Waals surface area contributed by atoms with E-state index in [0.717, 1.165) is 50.7 Å². The third-order valence-electron chi connectivity index (χ3n) is 5.17. The van der Waals surface area contributed by atoms with E-state index in [2.05, 4.69) is 35.2 Å². The van der Waals surface area contributed by atoms with E-state index >= 15 is 0 Å². The largest absolute Gasteiger partial charge is 0.381 e. The lowest BCUT2D eigenvalue weighted by Gasteiger charge is -2.39. The van der Waals surface area contributed by atoms with Gasteiger partial charge in [-0.05, 0) is 31.4 Å². The molecule has 2 saturated heterocycles. The Labute approximate surface area is 137 Å². The van der Waals surface area contributed by atoms with Crippen LogP contribution in [0.15, 0.2) is 24.3 Å². The van der Waals surface area contributed by atoms with Gasteiger partial charge in [-0.3, -0.25) is 10.9 Å². The summed E-state index contributed by atoms with van der Waals surface area (Å²) in [6, 6.07) is 8.78. The molecule has 0 saturated carbocycles. The summed E-state index contributed by atoms with van der Waals surface area (Å²) in [7, 11) is 0. The molecule has 2 fully saturated rings. The summed E-state index contributed by atoms with van der Waals surface area (Å²) in [5.41, 5.74) is 7.87. The van der Waals surface area contributed by atoms with Crippen molar-refractivity contribution in [3.63, 3.8) is 0 Å². The molecule has 2 unspecified atom stereocenters. The Morgan fingerprint density at radius 3 is 2.77 bits per heavy atom. The van der Waals surface area contributed by atoms with E-state index < -0.39 is 0 Å². The smallest absolute Gasteiger partial charge is 0.0475 e. The van der Waals surface area contributed by atoms with Crippen LogP contribution in [0.3, 0.4) is 0 Å². The number of hydrazine groups is 1. The van der Waals surface area contributed by atoms with Crippen LogP contribution in [0, 0.1) is 5.92 Å². The molecule has 0 spiro atoms. The first-order valence-corrected chi connectivity index (χ1v) is 8.61. The highest BCUT2D eigenvalue weighted by Crippen LogP contribution is 2.38. The lowest BCUT2D eigenvalue weighted by molar-refractivity contribution is 0.0496. The van der Waals surface area contributed by atoms with Gasteiger partial charge < -0.3 is 10.1 Å². The average Bonchev–Trinajstić information content (AvgIpc) is 2.94. The van der Waals surface area contributed by atoms with Crippen LogP contribution < -0.4 is 16.2 Å². The van der Waals surface area contributed by atoms with Crippen molar-refractivity contribution in [1.82, 2.24) is 16.2 Å². The predicted molar refractivity (Wildman–Crippen MR) is 90.1 cm³/mol. The Hall–Kier alpha value is -0.650. The molecular formula is C17H26ClN3O. The zero-order valence-corrected chi connectivity index (χ0v) is 14.0. The first-order chi connectivity index (χ1) is 10.7. The lowest BCUT2D eigenvalue weighted by Crippen LogP contribution is -2.45. The highest BCUT2D eigenvalue weighted by Gasteiger charge is 2.36. The summed E-state index contributed by atoms with van der Waals surface area (Å²) in [5.74, 6) is 0.628. The Bertz CT molecular complexity index is 491. The molecule has 2 aliphatic heterocycles. The zero-order chi connectivity index (χ0) is 15.4. The fourth-order valence-corrected chi connectivity index (χ4v) is 3.92. The van der Waals surface area contributed by atoms with E-state index in [0.29, 0.717) is 12.0 Å². The van der Waals surface area contributed by atoms with E-state index in [1.54, 1.807) is 0 Å². The minimum absolute atomic E-state index is 0.0965. The van der Waals surface area contributed by atoms with Crippen molar-refractivity contribution in [2.75, 3.05) is 32.8 Å². The first kappa shape index (κ1) is 16.2. The number of rotatable bonds is 5. The Morgan fingerprint density at radius 1 is 1.32 bits per heavy atom. The molecule has 5 heteroatoms. The van der Waals surface area contributed by atoms with Crippen molar-refractivity contribution >= 4 is 11.6 Å². The number of ether oxygens (including phenoxy) is 1. The Morgan fingerprint density at radius 2 is 2.09 bits per heavy atom. The number of hydrogen-bond acceptors (Lipinski definition) is 4. The SMILES string of the molecule is CC1NNCC1CNCC1(c2ccccc2Cl)CCOCC1. The van der Waals surface area contributed by atoms with Crippen LogP contribution >= 0.6 is 11.6 Å². The standard InChI is InChI=1S/C17H26ClN3O/c1-13-14(11-20-21-13)10-19-12-17(6-8-22-9-7-17)15-4-2-3-5-16(15)18/h2-5,13-14,19-21H,6-12H2,1H3. The summed E-state index contributed by atoms with van der Waals surface area (Å²) in [5, 5.41) is 4.58. The second-order valence-electron chi connectivity index (χ2n) is 6.58. The van der Waals surface area contributed by atoms with Gasteiger partial charge in [0.1, 0.15) is 0 Å². The van der Waals surface area contributed by atoms with Gasteiger partial charge in [-0.1, -0.05) is 29.8 Å². The molecule has 1 aromatic rings. The van der Waals surface area contributed by atoms with Crippen molar-refractivity contribution in [2.45, 2.75) is 31.2 Å². The molecule has 22 heavy (non-hydrogen) atoms. The van der Waals surface area contributed by atoms with Crippen LogP contribution in [0.5, 0.6) is 0 Å². The molecule has 3 N–H and O–H groups in total. The van der Waals surface area contributed by atoms with Gasteiger partial charge in [0.15, 0.2) is 0 Å². The predicted octanol–water partition coefficient (Wildman–Crippen LogP) is 2.09. The molecule has 2 atom stereocenters. The topological polar surface area (TPSA) is 45.3 Å². The van der Waals surface area contributed by atoms with Gasteiger partial charge >= 0.3 is 0 Å². The minimum Gasteiger partial charge on any atom is -0.381 e. The second kappa shape index (κ2) is 7.28. The number of nitrogens with one attached hydrogen (secondary N) is 3. The van der Waals surface area contributed by atoms with E-state index in [9.17, 15) is 0 Å². The van der Waals surface area contributed by atoms with Gasteiger partial charge in [0.25, 0.3) is 0 Å². The van der Waals surface area contributed by atoms with Crippen LogP contribution in [-0.2, 0) is 10.2 Å². The third-order valence-corrected chi connectivity index (χ3v) is 5.50. The number of hydrogen-bond donors (Lipinski definition) is 3. The van der Waals surface area contributed by atoms with Crippen LogP contribution in [-0.4, -0.2) is 38.9 Å². The highest BCUT2D eigenvalue weighted by atomic mass is 35.5. The van der Waals surface area contributed by atoms with Gasteiger partial charge in [0, 0.05) is 55.2 Å². The summed E-state index contributed by atoms with van der Waals surface area (Å²) in [6.07, 6.45) is 2.06. The molecule has 3 rings (SSSR count). The van der Waals surface area contributed by atoms with E-state index in [1.807, 2.05) is 12.1 Å². The minimum atomic E-state index is 0.0965. The van der Waals surface area contributed by atoms with Gasteiger partial charge in [0.2, 0.25) is 0 Å². The number of halogens is 1. The maximum absolute atomic E-state index is 6.49. The normalized spacial score (nSPS) is 27.9. The molecule has 122 valence electrons. The summed E-state index contributed by atoms with van der Waals surface area (Å²) < 4.78 is 5.59. The molecular weight excluding hydrogens is 298 g/mol. The van der Waals surface area contributed by atoms with Crippen molar-refractivity contribution < 1.29 is 4.74 Å². The van der Waals surface area contributed by atoms with Crippen LogP contribution in [0.2, 0.25) is 5.02 Å². The fraction of sp³-hybridized carbons (Fsp3) is 0.647. The Kier molecular flexibility index (Phi) is 5.37. The summed E-state index contributed by atoms with van der Waals surface area (Å²) in [6.45, 7) is 6.87. The highest BCUT2D eigenvalue weighted by molar-refractivity contribution is 6.31. The zero-order valence-electron chi connectivity index (χ0n) is 13.2. The fourth-order valence-electron chi connectivity index (χ4n) is 3.59. The first-order valence-electron chi connectivity index (χ1n) is 8.23. The molecule has 2 aliphatic rings. The van der Waals surface area contributed by atoms with Gasteiger partial charge in [-0.2, -0.15) is 0 Å². The van der Waals surface area contributed by atoms with Crippen LogP contribution in [0.1, 0.15) is 25.3 Å². The van der Waals surface area contributed by atoms with Gasteiger partial charge in [0.05, 0.1) is 0 Å². The second-order valence-corrected chi connectivity index (χ2v) is 6.98. The van der Waals surface area contributed by atoms with E-state index in [4.69, 9.17) is 16.3 Å². The van der Waals surface area contributed by atoms with Crippen molar-refractivity contribution in [1.29, 1.82) is 0 Å². The molecule has 4 nitrogen and oxygen atoms in total. The molecule has 0 bridgehead atoms. The third kappa shape index (κ3) is 3.47. The van der Waals surface area contributed by atoms with Crippen molar-refractivity contribution in [3.05, 3.63) is 34.9 Å². The molecule has 0 aliphatic carbocycles. The summed E-state index contributed by atoms with van der Waals surface area (Å²) >= 11 is 6.49. The van der Waals surface area contributed by atoms with Crippen LogP contribution in [0.4, 0.5) is 0 Å². The molecule has 1 aromatic carbocycles. The van der Waals surface area contributed by atoms with Gasteiger partial charge in [-0.25, -0.2) is 0 Å². The maximum atomic E-state index is 6.49. The number of benzene rings is 1. The van der Waals surface area contributed by atoms with Gasteiger partial charge in [-0.15, -0.1) is 0 Å². The Balaban J connectivity index is 1.68. The quantitative estimate of drug-likeness (QED) is 0.776. The van der Waals surface area contributed by atoms with E-state index in [-0.39, 0.29) is 5.41 Å². The molecule has 0 aromatic heterocycles. The van der Waals surface area contributed by atoms with Crippen molar-refractivity contribution in [3.8, 4) is 0 Å². The van der Waals surface area contributed by atoms with E-state index in [1.165, 1.54) is 5.56 Å². The summed E-state index contributed by atoms with van der Waals surface area (Å²) in [4.78, 5) is 0. The maximum Gasteiger partial charge on any atom is 0.0475 e. The lowest BCUT2D eigenvalue weighted by atomic mass is 9.74. The molecule has 0 amide bonds. The molecule has 0 radical (unpaired) electrons. The van der Waals surface area contributed by atoms with Crippen LogP contribution in [0.25, 0.3) is 0 Å². The average molecular weight is 324 g/mol. The monoisotopic (exact) mass is 323 g/mol. The molecule has 2 heterocycles. The van der Waals surface area contributed by atoms with Crippen molar-refractivity contribution in [2.24, 2.45) is 5.92 Å².